The second-order valence-corrected chi connectivity index (χ2v) is 3.22. The Morgan fingerprint density at radius 1 is 1.42 bits per heavy atom. The quantitative estimate of drug-likeness (QED) is 0.655. The Labute approximate surface area is 71.8 Å². The van der Waals surface area contributed by atoms with Crippen LogP contribution in [0.25, 0.3) is 0 Å². The predicted molar refractivity (Wildman–Crippen MR) is 47.2 cm³/mol. The Balaban J connectivity index is 2.89. The lowest BCUT2D eigenvalue weighted by atomic mass is 10.1. The Kier molecular flexibility index (Phi) is 2.32. The first kappa shape index (κ1) is 8.99. The van der Waals surface area contributed by atoms with Gasteiger partial charge in [0, 0.05) is 7.05 Å². The van der Waals surface area contributed by atoms with Crippen molar-refractivity contribution < 1.29 is 0 Å². The highest BCUT2D eigenvalue weighted by atomic mass is 15.4. The lowest BCUT2D eigenvalue weighted by molar-refractivity contribution is 0.487. The molecule has 5 heteroatoms. The Bertz CT molecular complexity index is 245. The van der Waals surface area contributed by atoms with Gasteiger partial charge in [-0.05, 0) is 5.92 Å². The van der Waals surface area contributed by atoms with Gasteiger partial charge in [0.05, 0.1) is 6.04 Å². The summed E-state index contributed by atoms with van der Waals surface area (Å²) >= 11 is 0. The van der Waals surface area contributed by atoms with Crippen molar-refractivity contribution in [3.8, 4) is 0 Å². The zero-order valence-electron chi connectivity index (χ0n) is 7.65. The summed E-state index contributed by atoms with van der Waals surface area (Å²) in [7, 11) is 1.75. The molecule has 1 aromatic rings. The Hall–Kier alpha value is -1.10. The highest BCUT2D eigenvalue weighted by Crippen LogP contribution is 2.15. The van der Waals surface area contributed by atoms with E-state index in [2.05, 4.69) is 10.1 Å². The molecular formula is C7H15N5. The van der Waals surface area contributed by atoms with Crippen LogP contribution >= 0.6 is 0 Å². The van der Waals surface area contributed by atoms with E-state index in [4.69, 9.17) is 11.5 Å². The first-order chi connectivity index (χ1) is 5.52. The van der Waals surface area contributed by atoms with Crippen LogP contribution in [0.5, 0.6) is 0 Å². The number of nitrogens with two attached hydrogens (primary N) is 2. The van der Waals surface area contributed by atoms with Crippen molar-refractivity contribution in [2.45, 2.75) is 19.9 Å². The normalized spacial score (nSPS) is 13.8. The van der Waals surface area contributed by atoms with Crippen LogP contribution in [0.15, 0.2) is 0 Å². The third kappa shape index (κ3) is 1.55. The number of anilines is 1. The highest BCUT2D eigenvalue weighted by molar-refractivity contribution is 5.16. The first-order valence-electron chi connectivity index (χ1n) is 3.94. The lowest BCUT2D eigenvalue weighted by Crippen LogP contribution is -2.18. The molecule has 0 aliphatic heterocycles. The number of rotatable bonds is 2. The van der Waals surface area contributed by atoms with Crippen LogP contribution in [0.3, 0.4) is 0 Å². The number of aromatic nitrogens is 3. The summed E-state index contributed by atoms with van der Waals surface area (Å²) < 4.78 is 1.53. The Morgan fingerprint density at radius 3 is 2.33 bits per heavy atom. The Morgan fingerprint density at radius 2 is 2.00 bits per heavy atom. The van der Waals surface area contributed by atoms with E-state index in [9.17, 15) is 0 Å². The molecule has 1 rings (SSSR count). The fourth-order valence-corrected chi connectivity index (χ4v) is 0.856. The topological polar surface area (TPSA) is 82.7 Å². The molecule has 0 radical (unpaired) electrons. The molecule has 12 heavy (non-hydrogen) atoms. The zero-order chi connectivity index (χ0) is 9.30. The van der Waals surface area contributed by atoms with Crippen LogP contribution in [0.4, 0.5) is 5.95 Å². The van der Waals surface area contributed by atoms with Crippen LogP contribution in [-0.4, -0.2) is 14.8 Å². The summed E-state index contributed by atoms with van der Waals surface area (Å²) in [4.78, 5) is 4.04. The van der Waals surface area contributed by atoms with Gasteiger partial charge in [-0.15, -0.1) is 0 Å². The van der Waals surface area contributed by atoms with E-state index in [-0.39, 0.29) is 6.04 Å². The predicted octanol–water partition coefficient (Wildman–Crippen LogP) is 0.0531. The molecule has 0 fully saturated rings. The van der Waals surface area contributed by atoms with Crippen molar-refractivity contribution in [1.82, 2.24) is 14.8 Å². The molecular weight excluding hydrogens is 154 g/mol. The third-order valence-electron chi connectivity index (χ3n) is 1.83. The van der Waals surface area contributed by atoms with E-state index in [1.165, 1.54) is 4.68 Å². The molecule has 0 bridgehead atoms. The molecule has 0 saturated carbocycles. The molecule has 4 N–H and O–H groups in total. The molecule has 0 amide bonds. The smallest absolute Gasteiger partial charge is 0.218 e. The minimum Gasteiger partial charge on any atom is -0.368 e. The summed E-state index contributed by atoms with van der Waals surface area (Å²) in [6.45, 7) is 4.05. The number of nitrogen functional groups attached to an aromatic ring is 1. The summed E-state index contributed by atoms with van der Waals surface area (Å²) in [5, 5.41) is 4.09. The van der Waals surface area contributed by atoms with Crippen molar-refractivity contribution in [2.24, 2.45) is 18.7 Å². The highest BCUT2D eigenvalue weighted by Gasteiger charge is 2.15. The van der Waals surface area contributed by atoms with Gasteiger partial charge in [-0.1, -0.05) is 13.8 Å². The largest absolute Gasteiger partial charge is 0.368 e. The van der Waals surface area contributed by atoms with E-state index in [1.807, 2.05) is 13.8 Å². The maximum absolute atomic E-state index is 5.83. The number of aryl methyl sites for hydroxylation is 1. The van der Waals surface area contributed by atoms with Gasteiger partial charge in [-0.2, -0.15) is 10.1 Å². The number of hydrogen-bond donors (Lipinski definition) is 2. The molecule has 0 unspecified atom stereocenters. The minimum atomic E-state index is -0.131. The molecule has 5 nitrogen and oxygen atoms in total. The van der Waals surface area contributed by atoms with Gasteiger partial charge < -0.3 is 11.5 Å². The van der Waals surface area contributed by atoms with Crippen molar-refractivity contribution >= 4 is 5.95 Å². The van der Waals surface area contributed by atoms with Crippen LogP contribution in [0, 0.1) is 5.92 Å². The fraction of sp³-hybridized carbons (Fsp3) is 0.714. The average molecular weight is 169 g/mol. The van der Waals surface area contributed by atoms with Gasteiger partial charge in [-0.3, -0.25) is 0 Å². The van der Waals surface area contributed by atoms with E-state index in [1.54, 1.807) is 7.05 Å². The van der Waals surface area contributed by atoms with Crippen LogP contribution < -0.4 is 11.5 Å². The zero-order valence-corrected chi connectivity index (χ0v) is 7.65. The SMILES string of the molecule is CC(C)[C@@H](N)c1nc(N)n(C)n1. The third-order valence-corrected chi connectivity index (χ3v) is 1.83. The van der Waals surface area contributed by atoms with Crippen LogP contribution in [0.2, 0.25) is 0 Å². The van der Waals surface area contributed by atoms with Gasteiger partial charge in [0.25, 0.3) is 0 Å². The fourth-order valence-electron chi connectivity index (χ4n) is 0.856. The first-order valence-corrected chi connectivity index (χ1v) is 3.94. The van der Waals surface area contributed by atoms with Crippen molar-refractivity contribution in [1.29, 1.82) is 0 Å². The second kappa shape index (κ2) is 3.10. The standard InChI is InChI=1S/C7H15N5/c1-4(2)5(8)6-10-7(9)12(3)11-6/h4-5H,8H2,1-3H3,(H2,9,10,11)/t5-/m1/s1. The molecule has 0 aromatic carbocycles. The average Bonchev–Trinajstić information content (AvgIpc) is 2.30. The maximum Gasteiger partial charge on any atom is 0.218 e. The number of hydrogen-bond acceptors (Lipinski definition) is 4. The second-order valence-electron chi connectivity index (χ2n) is 3.22. The summed E-state index contributed by atoms with van der Waals surface area (Å²) in [5.74, 6) is 1.35. The van der Waals surface area contributed by atoms with Crippen LogP contribution in [0.1, 0.15) is 25.7 Å². The molecule has 1 atom stereocenters. The van der Waals surface area contributed by atoms with Crippen molar-refractivity contribution in [3.05, 3.63) is 5.82 Å². The summed E-state index contributed by atoms with van der Waals surface area (Å²) in [5.41, 5.74) is 11.3. The van der Waals surface area contributed by atoms with Crippen molar-refractivity contribution in [2.75, 3.05) is 5.73 Å². The lowest BCUT2D eigenvalue weighted by Gasteiger charge is -2.10. The van der Waals surface area contributed by atoms with Gasteiger partial charge in [0.2, 0.25) is 5.95 Å². The molecule has 1 aromatic heterocycles. The summed E-state index contributed by atoms with van der Waals surface area (Å²) in [6.07, 6.45) is 0. The monoisotopic (exact) mass is 169 g/mol. The van der Waals surface area contributed by atoms with Gasteiger partial charge >= 0.3 is 0 Å². The van der Waals surface area contributed by atoms with E-state index in [0.717, 1.165) is 0 Å². The van der Waals surface area contributed by atoms with Gasteiger partial charge in [0.15, 0.2) is 5.82 Å². The van der Waals surface area contributed by atoms with Gasteiger partial charge in [-0.25, -0.2) is 4.68 Å². The number of nitrogens with zero attached hydrogens (tertiary/aromatic N) is 3. The molecule has 0 spiro atoms. The molecule has 0 aliphatic carbocycles. The molecule has 0 saturated heterocycles. The van der Waals surface area contributed by atoms with Crippen LogP contribution in [-0.2, 0) is 7.05 Å². The van der Waals surface area contributed by atoms with Crippen molar-refractivity contribution in [3.63, 3.8) is 0 Å². The van der Waals surface area contributed by atoms with Gasteiger partial charge in [0.1, 0.15) is 0 Å². The van der Waals surface area contributed by atoms with E-state index >= 15 is 0 Å². The minimum absolute atomic E-state index is 0.131. The molecule has 68 valence electrons. The van der Waals surface area contributed by atoms with E-state index in [0.29, 0.717) is 17.7 Å². The van der Waals surface area contributed by atoms with E-state index < -0.39 is 0 Å². The molecule has 0 aliphatic rings. The maximum atomic E-state index is 5.83. The molecule has 1 heterocycles. The summed E-state index contributed by atoms with van der Waals surface area (Å²) in [6, 6.07) is -0.131.